The van der Waals surface area contributed by atoms with Gasteiger partial charge in [-0.25, -0.2) is 4.99 Å². The standard InChI is InChI=1S/C31H27ClN4O3/c32-22-16-14-20(15-17-22)19-39-31(18-27(29(34)37)35-25-12-6-4-10-23(25)31)28(21-8-2-1-3-9-21)30(38)36-26-13-7-5-11-24(26)33/h1-17,28H,18-19,33H2,(H2,34,37)(H,36,38). The minimum Gasteiger partial charge on any atom is -0.397 e. The van der Waals surface area contributed by atoms with Crippen LogP contribution in [0.4, 0.5) is 17.1 Å². The number of hydrogen-bond donors (Lipinski definition) is 3. The lowest BCUT2D eigenvalue weighted by atomic mass is 9.71. The van der Waals surface area contributed by atoms with Crippen molar-refractivity contribution < 1.29 is 14.3 Å². The molecule has 0 aromatic heterocycles. The van der Waals surface area contributed by atoms with Gasteiger partial charge in [-0.1, -0.05) is 84.4 Å². The molecule has 7 nitrogen and oxygen atoms in total. The normalized spacial score (nSPS) is 17.0. The van der Waals surface area contributed by atoms with Crippen LogP contribution in [0.2, 0.25) is 5.02 Å². The van der Waals surface area contributed by atoms with Crippen LogP contribution in [0, 0.1) is 0 Å². The van der Waals surface area contributed by atoms with Crippen molar-refractivity contribution >= 4 is 46.2 Å². The molecule has 2 atom stereocenters. The van der Waals surface area contributed by atoms with Crippen LogP contribution in [0.3, 0.4) is 0 Å². The number of carbonyl (C=O) groups is 2. The van der Waals surface area contributed by atoms with Gasteiger partial charge >= 0.3 is 0 Å². The van der Waals surface area contributed by atoms with Crippen molar-refractivity contribution in [3.8, 4) is 0 Å². The number of fused-ring (bicyclic) bond motifs is 1. The predicted molar refractivity (Wildman–Crippen MR) is 154 cm³/mol. The number of ether oxygens (including phenoxy) is 1. The van der Waals surface area contributed by atoms with Crippen LogP contribution in [0.25, 0.3) is 0 Å². The maximum atomic E-state index is 14.3. The number of nitrogen functional groups attached to an aromatic ring is 1. The Morgan fingerprint density at radius 1 is 0.923 bits per heavy atom. The second-order valence-electron chi connectivity index (χ2n) is 9.34. The predicted octanol–water partition coefficient (Wildman–Crippen LogP) is 5.72. The Balaban J connectivity index is 1.69. The number of carbonyl (C=O) groups excluding carboxylic acids is 2. The molecule has 1 aliphatic rings. The van der Waals surface area contributed by atoms with Gasteiger partial charge in [0.2, 0.25) is 5.91 Å². The fourth-order valence-corrected chi connectivity index (χ4v) is 5.08. The quantitative estimate of drug-likeness (QED) is 0.248. The lowest BCUT2D eigenvalue weighted by Crippen LogP contribution is -2.47. The Kier molecular flexibility index (Phi) is 7.45. The first-order valence-electron chi connectivity index (χ1n) is 12.4. The molecule has 5 N–H and O–H groups in total. The number of amides is 2. The molecule has 0 spiro atoms. The number of primary amides is 1. The Morgan fingerprint density at radius 3 is 2.31 bits per heavy atom. The molecule has 2 unspecified atom stereocenters. The third-order valence-electron chi connectivity index (χ3n) is 6.82. The molecule has 1 heterocycles. The summed E-state index contributed by atoms with van der Waals surface area (Å²) in [5.41, 5.74) is 14.4. The van der Waals surface area contributed by atoms with Gasteiger partial charge in [-0.3, -0.25) is 9.59 Å². The van der Waals surface area contributed by atoms with Gasteiger partial charge in [0.15, 0.2) is 0 Å². The number of aliphatic imine (C=N–C) groups is 1. The molecule has 2 amide bonds. The largest absolute Gasteiger partial charge is 0.397 e. The highest BCUT2D eigenvalue weighted by atomic mass is 35.5. The molecule has 196 valence electrons. The zero-order valence-electron chi connectivity index (χ0n) is 21.0. The number of benzene rings is 4. The van der Waals surface area contributed by atoms with E-state index in [0.29, 0.717) is 33.2 Å². The second-order valence-corrected chi connectivity index (χ2v) is 9.78. The number of nitrogens with two attached hydrogens (primary N) is 2. The van der Waals surface area contributed by atoms with E-state index in [1.165, 1.54) is 0 Å². The van der Waals surface area contributed by atoms with Gasteiger partial charge in [-0.2, -0.15) is 0 Å². The van der Waals surface area contributed by atoms with Crippen molar-refractivity contribution in [2.45, 2.75) is 24.5 Å². The van der Waals surface area contributed by atoms with Crippen molar-refractivity contribution in [3.63, 3.8) is 0 Å². The van der Waals surface area contributed by atoms with Crippen molar-refractivity contribution in [1.29, 1.82) is 0 Å². The molecule has 0 radical (unpaired) electrons. The van der Waals surface area contributed by atoms with Crippen LogP contribution in [-0.2, 0) is 26.5 Å². The van der Waals surface area contributed by atoms with Crippen LogP contribution in [0.5, 0.6) is 0 Å². The van der Waals surface area contributed by atoms with Crippen LogP contribution >= 0.6 is 11.6 Å². The summed E-state index contributed by atoms with van der Waals surface area (Å²) in [7, 11) is 0. The fourth-order valence-electron chi connectivity index (χ4n) is 4.96. The lowest BCUT2D eigenvalue weighted by molar-refractivity contribution is -0.132. The van der Waals surface area contributed by atoms with E-state index >= 15 is 0 Å². The summed E-state index contributed by atoms with van der Waals surface area (Å²) < 4.78 is 6.79. The van der Waals surface area contributed by atoms with Crippen LogP contribution in [-0.4, -0.2) is 17.5 Å². The SMILES string of the molecule is NC(=O)C1=Nc2ccccc2C(OCc2ccc(Cl)cc2)(C(C(=O)Nc2ccccc2N)c2ccccc2)C1. The number of rotatable bonds is 8. The molecular formula is C31H27ClN4O3. The number of anilines is 2. The summed E-state index contributed by atoms with van der Waals surface area (Å²) in [6.07, 6.45) is -0.00973. The van der Waals surface area contributed by atoms with Crippen molar-refractivity contribution in [2.75, 3.05) is 11.1 Å². The van der Waals surface area contributed by atoms with Gasteiger partial charge in [0, 0.05) is 17.0 Å². The maximum Gasteiger partial charge on any atom is 0.263 e. The number of hydrogen-bond acceptors (Lipinski definition) is 5. The molecule has 1 aliphatic heterocycles. The zero-order chi connectivity index (χ0) is 27.4. The van der Waals surface area contributed by atoms with E-state index in [9.17, 15) is 9.59 Å². The molecule has 0 bridgehead atoms. The molecular weight excluding hydrogens is 512 g/mol. The third-order valence-corrected chi connectivity index (χ3v) is 7.07. The monoisotopic (exact) mass is 538 g/mol. The Bertz CT molecular complexity index is 1540. The van der Waals surface area contributed by atoms with Gasteiger partial charge in [0.25, 0.3) is 5.91 Å². The Labute approximate surface area is 231 Å². The maximum absolute atomic E-state index is 14.3. The topological polar surface area (TPSA) is 120 Å². The number of nitrogens with zero attached hydrogens (tertiary/aromatic N) is 1. The first-order chi connectivity index (χ1) is 18.9. The third kappa shape index (κ3) is 5.41. The van der Waals surface area contributed by atoms with E-state index in [-0.39, 0.29) is 24.6 Å². The van der Waals surface area contributed by atoms with Crippen molar-refractivity contribution in [3.05, 3.63) is 125 Å². The highest BCUT2D eigenvalue weighted by Gasteiger charge is 2.51. The summed E-state index contributed by atoms with van der Waals surface area (Å²) in [5, 5.41) is 3.59. The molecule has 8 heteroatoms. The summed E-state index contributed by atoms with van der Waals surface area (Å²) in [6.45, 7) is 0.141. The summed E-state index contributed by atoms with van der Waals surface area (Å²) in [5.74, 6) is -1.93. The molecule has 0 saturated carbocycles. The van der Waals surface area contributed by atoms with E-state index in [4.69, 9.17) is 27.8 Å². The molecule has 4 aromatic rings. The van der Waals surface area contributed by atoms with Gasteiger partial charge < -0.3 is 21.5 Å². The van der Waals surface area contributed by atoms with E-state index in [1.54, 1.807) is 42.5 Å². The Morgan fingerprint density at radius 2 is 1.59 bits per heavy atom. The number of nitrogens with one attached hydrogen (secondary N) is 1. The van der Waals surface area contributed by atoms with Gasteiger partial charge in [0.1, 0.15) is 11.3 Å². The van der Waals surface area contributed by atoms with E-state index in [2.05, 4.69) is 10.3 Å². The Hall–Kier alpha value is -4.46. The molecule has 0 saturated heterocycles. The minimum absolute atomic E-state index is 0.00973. The molecule has 0 fully saturated rings. The van der Waals surface area contributed by atoms with Crippen molar-refractivity contribution in [2.24, 2.45) is 10.7 Å². The minimum atomic E-state index is -1.34. The molecule has 39 heavy (non-hydrogen) atoms. The van der Waals surface area contributed by atoms with Gasteiger partial charge in [0.05, 0.1) is 29.6 Å². The van der Waals surface area contributed by atoms with Crippen molar-refractivity contribution in [1.82, 2.24) is 0 Å². The van der Waals surface area contributed by atoms with Gasteiger partial charge in [-0.05, 0) is 41.5 Å². The summed E-state index contributed by atoms with van der Waals surface area (Å²) >= 11 is 6.10. The summed E-state index contributed by atoms with van der Waals surface area (Å²) in [6, 6.07) is 31.0. The van der Waals surface area contributed by atoms with E-state index in [0.717, 1.165) is 5.56 Å². The first-order valence-corrected chi connectivity index (χ1v) is 12.8. The highest BCUT2D eigenvalue weighted by molar-refractivity contribution is 6.39. The van der Waals surface area contributed by atoms with Crippen LogP contribution in [0.15, 0.2) is 108 Å². The first kappa shape index (κ1) is 26.2. The average Bonchev–Trinajstić information content (AvgIpc) is 2.94. The molecule has 0 aliphatic carbocycles. The average molecular weight is 539 g/mol. The smallest absolute Gasteiger partial charge is 0.263 e. The fraction of sp³-hybridized carbons (Fsp3) is 0.129. The van der Waals surface area contributed by atoms with E-state index in [1.807, 2.05) is 60.7 Å². The van der Waals surface area contributed by atoms with Crippen LogP contribution < -0.4 is 16.8 Å². The van der Waals surface area contributed by atoms with Crippen LogP contribution in [0.1, 0.15) is 29.0 Å². The highest BCUT2D eigenvalue weighted by Crippen LogP contribution is 2.50. The number of para-hydroxylation sites is 3. The van der Waals surface area contributed by atoms with E-state index < -0.39 is 17.4 Å². The summed E-state index contributed by atoms with van der Waals surface area (Å²) in [4.78, 5) is 31.4. The zero-order valence-corrected chi connectivity index (χ0v) is 21.8. The molecule has 4 aromatic carbocycles. The lowest BCUT2D eigenvalue weighted by Gasteiger charge is -2.43. The number of halogens is 1. The van der Waals surface area contributed by atoms with Gasteiger partial charge in [-0.15, -0.1) is 0 Å². The second kappa shape index (κ2) is 11.1. The molecule has 5 rings (SSSR count).